The van der Waals surface area contributed by atoms with Crippen LogP contribution < -0.4 is 61.9 Å². The van der Waals surface area contributed by atoms with Crippen molar-refractivity contribution in [2.45, 2.75) is 263 Å². The molecule has 4 spiro atoms. The number of hydrogen-bond acceptors (Lipinski definition) is 36. The summed E-state index contributed by atoms with van der Waals surface area (Å²) in [6.07, 6.45) is 31.0. The van der Waals surface area contributed by atoms with E-state index < -0.39 is 74.0 Å². The lowest BCUT2D eigenvalue weighted by molar-refractivity contribution is -0.134. The first-order valence-corrected chi connectivity index (χ1v) is 52.9. The highest BCUT2D eigenvalue weighted by Crippen LogP contribution is 2.53. The van der Waals surface area contributed by atoms with Gasteiger partial charge in [0.05, 0.1) is 47.6 Å². The molecule has 0 bridgehead atoms. The molecule has 12 aromatic rings. The number of carbonyl (C=O) groups is 2. The first-order chi connectivity index (χ1) is 67.2. The summed E-state index contributed by atoms with van der Waals surface area (Å²) in [5, 5.41) is 63.2. The summed E-state index contributed by atoms with van der Waals surface area (Å²) in [6, 6.07) is 23.9. The number of benzene rings is 2. The van der Waals surface area contributed by atoms with Crippen molar-refractivity contribution in [3.63, 3.8) is 0 Å². The summed E-state index contributed by atoms with van der Waals surface area (Å²) in [5.74, 6) is 5.95. The maximum atomic E-state index is 14.6. The number of fused-ring (bicyclic) bond motifs is 16. The normalized spacial score (nSPS) is 17.9. The maximum absolute atomic E-state index is 14.6. The van der Waals surface area contributed by atoms with Crippen LogP contribution in [0, 0.1) is 5.82 Å². The predicted octanol–water partition coefficient (Wildman–Crippen LogP) is 13.2. The molecule has 44 nitrogen and oxygen atoms in total. The number of methoxy groups -OCH3 is 2. The monoisotopic (exact) mass is 2010 g/mol. The van der Waals surface area contributed by atoms with Gasteiger partial charge in [-0.15, -0.1) is 20.4 Å². The number of anilines is 12. The number of nitrogens with two attached hydrogens (primary N) is 4. The number of nitrogens with zero attached hydrogens (tertiary/aromatic N) is 22. The van der Waals surface area contributed by atoms with Gasteiger partial charge in [-0.05, 0) is 197 Å². The SMILES string of the molecule is CC(=O)OC1=NN(C(C)C)c2cc3cnc(Nc4ccc(S(N)(=O)=O)nc4)nc3n2C12CCCCC2.CC(=O)OC1=NN(C2CC2)c2cc3cnc(Nc4ccc(S(N)(=O)=O)cc4)nc3n2C12CCCCC2.COC1=NN(C(C)C)c2cc3cnc(Nc4ccc(S(N)(=O)=O)cc4F)nc3n2C12CCCCC2.COC1=NN(C(C)C)c2cc3cnc(Nc4ccc(S(N)(=O)=O)cn4)nc3n2C12CCCCC2. The molecule has 14 heterocycles. The molecule has 4 aliphatic heterocycles. The van der Waals surface area contributed by atoms with Crippen LogP contribution in [-0.4, -0.2) is 176 Å². The molecular formula is C92H111FN30O14S4. The quantitative estimate of drug-likeness (QED) is 0.0416. The van der Waals surface area contributed by atoms with Gasteiger partial charge in [0.2, 0.25) is 77.5 Å². The van der Waals surface area contributed by atoms with E-state index in [2.05, 4.69) is 109 Å². The number of aromatic nitrogens is 14. The highest BCUT2D eigenvalue weighted by atomic mass is 32.2. The van der Waals surface area contributed by atoms with Crippen LogP contribution in [0.2, 0.25) is 0 Å². The zero-order valence-corrected chi connectivity index (χ0v) is 82.6. The number of carbonyl (C=O) groups excluding carboxylic acids is 2. The fourth-order valence-electron chi connectivity index (χ4n) is 20.1. The first-order valence-electron chi connectivity index (χ1n) is 46.7. The van der Waals surface area contributed by atoms with Gasteiger partial charge in [-0.3, -0.25) is 27.9 Å². The van der Waals surface area contributed by atoms with Crippen LogP contribution in [0.5, 0.6) is 0 Å². The molecule has 0 saturated heterocycles. The van der Waals surface area contributed by atoms with Crippen molar-refractivity contribution < 1.29 is 66.6 Å². The van der Waals surface area contributed by atoms with E-state index in [4.69, 9.17) is 79.8 Å². The molecule has 0 amide bonds. The Bertz CT molecular complexity index is 7280. The third-order valence-corrected chi connectivity index (χ3v) is 30.2. The number of rotatable bonds is 16. The number of nitrogens with one attached hydrogen (secondary N) is 4. The van der Waals surface area contributed by atoms with Crippen molar-refractivity contribution in [1.29, 1.82) is 0 Å². The lowest BCUT2D eigenvalue weighted by Crippen LogP contribution is -2.51. The Morgan fingerprint density at radius 2 is 0.738 bits per heavy atom. The lowest BCUT2D eigenvalue weighted by Gasteiger charge is -2.44. The lowest BCUT2D eigenvalue weighted by atomic mass is 9.80. The molecule has 5 aliphatic carbocycles. The van der Waals surface area contributed by atoms with Crippen molar-refractivity contribution in [2.24, 2.45) is 41.0 Å². The molecule has 744 valence electrons. The van der Waals surface area contributed by atoms with Gasteiger partial charge in [0.1, 0.15) is 84.5 Å². The standard InChI is InChI=1S/C24H27N7O4S.C23H28FN7O3S.C23H28N8O4S.C22H28N8O3S/c1-15(32)35-22-24(11-3-2-4-12-24)30-20(31(29-22)18-7-8-18)13-16-14-26-23(28-21(16)30)27-17-5-9-19(10-6-17)36(25,33)34;1-14(2)31-19-11-15-13-26-22(27-18-8-7-16(12-17(18)24)35(25,32)33)28-20(15)30(19)23(21(29-31)34-3)9-5-4-6-10-23;1-14(2)31-19-11-16-12-26-22(27-17-7-8-18(25-13-17)36(24,33)34)28-20(16)30(19)23(9-5-4-6-10-23)21(29-31)35-15(3)32;1-14(2)30-18-11-15-12-25-21(26-17-8-7-16(13-24-17)34(23,31)32)27-19(15)29(18)22(20(28-30)33-3)9-5-4-6-10-22/h5-6,9-10,13-14,18H,2-4,7-8,11-12H2,1H3,(H2,25,33,34)(H,26,27,28);7-8,11-14H,4-6,9-10H2,1-3H3,(H2,25,32,33)(H,26,27,28);7-8,11-14H,4-6,9-10H2,1-3H3,(H2,24,33,34)(H,26,27,28);7-8,11-14H,4-6,9-10H2,1-3H3,(H2,23,31,32)(H,24,25,26,27). The predicted molar refractivity (Wildman–Crippen MR) is 530 cm³/mol. The summed E-state index contributed by atoms with van der Waals surface area (Å²) in [5.41, 5.74) is 2.00. The van der Waals surface area contributed by atoms with Gasteiger partial charge in [0.25, 0.3) is 10.0 Å². The van der Waals surface area contributed by atoms with Crippen LogP contribution in [0.4, 0.5) is 74.3 Å². The van der Waals surface area contributed by atoms with Crippen LogP contribution in [0.15, 0.2) is 168 Å². The molecule has 0 unspecified atom stereocenters. The fourth-order valence-corrected chi connectivity index (χ4v) is 22.0. The van der Waals surface area contributed by atoms with E-state index in [1.54, 1.807) is 57.2 Å². The van der Waals surface area contributed by atoms with Gasteiger partial charge in [-0.2, -0.15) is 19.9 Å². The third-order valence-electron chi connectivity index (χ3n) is 26.6. The van der Waals surface area contributed by atoms with Crippen molar-refractivity contribution in [3.8, 4) is 0 Å². The Morgan fingerprint density at radius 3 is 1.09 bits per heavy atom. The number of sulfonamides is 4. The molecule has 12 N–H and O–H groups in total. The molecule has 5 saturated carbocycles. The summed E-state index contributed by atoms with van der Waals surface area (Å²) >= 11 is 0. The minimum atomic E-state index is -4.01. The molecule has 10 aromatic heterocycles. The number of pyridine rings is 2. The topological polar surface area (TPSA) is 571 Å². The van der Waals surface area contributed by atoms with Crippen LogP contribution >= 0.6 is 0 Å². The largest absolute Gasteiger partial charge is 0.481 e. The molecule has 141 heavy (non-hydrogen) atoms. The molecule has 9 aliphatic rings. The van der Waals surface area contributed by atoms with E-state index in [1.165, 1.54) is 75.1 Å². The Hall–Kier alpha value is -13.6. The van der Waals surface area contributed by atoms with E-state index >= 15 is 0 Å². The van der Waals surface area contributed by atoms with E-state index in [0.717, 1.165) is 197 Å². The highest BCUT2D eigenvalue weighted by Gasteiger charge is 2.54. The van der Waals surface area contributed by atoms with Gasteiger partial charge in [-0.25, -0.2) is 109 Å². The van der Waals surface area contributed by atoms with Crippen molar-refractivity contribution in [1.82, 2.24) is 68.1 Å². The van der Waals surface area contributed by atoms with E-state index in [9.17, 15) is 47.7 Å². The Kier molecular flexibility index (Phi) is 26.4. The van der Waals surface area contributed by atoms with E-state index in [1.807, 2.05) is 46.0 Å². The fraction of sp³-hybridized carbons (Fsp3) is 0.435. The van der Waals surface area contributed by atoms with Gasteiger partial charge < -0.3 is 40.2 Å². The number of hydrazone groups is 4. The zero-order valence-electron chi connectivity index (χ0n) is 79.4. The molecule has 49 heteroatoms. The van der Waals surface area contributed by atoms with E-state index in [-0.39, 0.29) is 61.5 Å². The number of primary sulfonamides is 4. The zero-order chi connectivity index (χ0) is 99.8. The van der Waals surface area contributed by atoms with Gasteiger partial charge in [-0.1, -0.05) is 77.0 Å². The van der Waals surface area contributed by atoms with Gasteiger partial charge in [0.15, 0.2) is 5.03 Å². The van der Waals surface area contributed by atoms with Crippen LogP contribution in [0.3, 0.4) is 0 Å². The number of hydrogen-bond donors (Lipinski definition) is 8. The maximum Gasteiger partial charge on any atom is 0.309 e. The van der Waals surface area contributed by atoms with Crippen LogP contribution in [-0.2, 0) is 90.8 Å². The number of halogens is 1. The summed E-state index contributed by atoms with van der Waals surface area (Å²) in [4.78, 5) is 68.9. The molecule has 21 rings (SSSR count). The summed E-state index contributed by atoms with van der Waals surface area (Å²) < 4.78 is 139. The molecular weight excluding hydrogens is 1900 g/mol. The number of ether oxygens (including phenoxy) is 4. The summed E-state index contributed by atoms with van der Waals surface area (Å²) in [7, 11) is -12.2. The average Bonchev–Trinajstić information content (AvgIpc) is 1.57. The smallest absolute Gasteiger partial charge is 0.309 e. The number of esters is 2. The molecule has 5 fully saturated rings. The third kappa shape index (κ3) is 19.1. The molecule has 2 aromatic carbocycles. The van der Waals surface area contributed by atoms with E-state index in [0.29, 0.717) is 69.9 Å². The van der Waals surface area contributed by atoms with Crippen LogP contribution in [0.25, 0.3) is 44.1 Å². The average molecular weight is 2010 g/mol. The van der Waals surface area contributed by atoms with Gasteiger partial charge >= 0.3 is 11.9 Å². The Balaban J connectivity index is 0.000000124. The minimum absolute atomic E-state index is 0.00790. The molecule has 0 atom stereocenters. The van der Waals surface area contributed by atoms with Crippen molar-refractivity contribution in [3.05, 3.63) is 134 Å². The van der Waals surface area contributed by atoms with Gasteiger partial charge in [0, 0.05) is 90.2 Å². The first kappa shape index (κ1) is 97.6. The minimum Gasteiger partial charge on any atom is -0.481 e. The Morgan fingerprint density at radius 1 is 0.383 bits per heavy atom. The van der Waals surface area contributed by atoms with Crippen molar-refractivity contribution >= 4 is 190 Å². The second-order valence-electron chi connectivity index (χ2n) is 37.3. The second-order valence-corrected chi connectivity index (χ2v) is 43.5. The second kappa shape index (κ2) is 38.1. The molecule has 0 radical (unpaired) electrons. The van der Waals surface area contributed by atoms with Crippen LogP contribution in [0.1, 0.15) is 197 Å². The van der Waals surface area contributed by atoms with Crippen molar-refractivity contribution in [2.75, 3.05) is 55.5 Å². The Labute approximate surface area is 812 Å². The summed E-state index contributed by atoms with van der Waals surface area (Å²) in [6.45, 7) is 15.1. The highest BCUT2D eigenvalue weighted by molar-refractivity contribution is 7.90.